The van der Waals surface area contributed by atoms with E-state index in [-0.39, 0.29) is 37.8 Å². The first-order valence-corrected chi connectivity index (χ1v) is 7.71. The smallest absolute Gasteiger partial charge is 0.410 e. The lowest BCUT2D eigenvalue weighted by molar-refractivity contribution is -0.708. The summed E-state index contributed by atoms with van der Waals surface area (Å²) in [5.74, 6) is 1.73. The van der Waals surface area contributed by atoms with Gasteiger partial charge in [-0.05, 0) is 6.07 Å². The summed E-state index contributed by atoms with van der Waals surface area (Å²) in [6, 6.07) is 2.64. The largest absolute Gasteiger partial charge is 0.569 e. The summed E-state index contributed by atoms with van der Waals surface area (Å²) in [7, 11) is 0. The number of carbonyl (C=O) groups excluding carboxylic acids is 1. The van der Waals surface area contributed by atoms with E-state index in [2.05, 4.69) is 11.2 Å². The fourth-order valence-electron chi connectivity index (χ4n) is 2.21. The molecule has 28 heavy (non-hydrogen) atoms. The second-order valence-corrected chi connectivity index (χ2v) is 5.29. The first kappa shape index (κ1) is 20.2. The number of piperazine rings is 1. The number of carbonyl (C=O) groups is 1. The standard InChI is InChI=1S/C14H14N6O8/c1-2-9-27-14(21)16-5-7-17(8-6-16)20(26)15-28-13-4-3-11(18(22)23)10-12(13)19(24)25/h1,3-4,10H,5-9H2/b20-15-. The van der Waals surface area contributed by atoms with Gasteiger partial charge in [-0.1, -0.05) is 5.92 Å². The molecule has 1 aromatic carbocycles. The highest BCUT2D eigenvalue weighted by Gasteiger charge is 2.27. The van der Waals surface area contributed by atoms with Gasteiger partial charge in [0.1, 0.15) is 0 Å². The van der Waals surface area contributed by atoms with Crippen LogP contribution >= 0.6 is 0 Å². The molecule has 0 N–H and O–H groups in total. The van der Waals surface area contributed by atoms with E-state index in [0.717, 1.165) is 12.1 Å². The van der Waals surface area contributed by atoms with E-state index in [1.807, 2.05) is 0 Å². The number of non-ortho nitro benzene ring substituents is 1. The van der Waals surface area contributed by atoms with E-state index in [0.29, 0.717) is 6.07 Å². The van der Waals surface area contributed by atoms with Crippen molar-refractivity contribution in [2.45, 2.75) is 0 Å². The molecule has 0 unspecified atom stereocenters. The van der Waals surface area contributed by atoms with Crippen molar-refractivity contribution in [2.24, 2.45) is 5.28 Å². The molecule has 0 aliphatic carbocycles. The van der Waals surface area contributed by atoms with Gasteiger partial charge in [0.05, 0.1) is 34.0 Å². The third kappa shape index (κ3) is 4.94. The summed E-state index contributed by atoms with van der Waals surface area (Å²) in [4.78, 5) is 37.9. The molecule has 14 nitrogen and oxygen atoms in total. The Bertz CT molecular complexity index is 843. The highest BCUT2D eigenvalue weighted by Crippen LogP contribution is 2.31. The number of benzene rings is 1. The summed E-state index contributed by atoms with van der Waals surface area (Å²) >= 11 is 0. The average Bonchev–Trinajstić information content (AvgIpc) is 2.69. The van der Waals surface area contributed by atoms with Gasteiger partial charge in [0.2, 0.25) is 11.0 Å². The Kier molecular flexibility index (Phi) is 6.47. The first-order chi connectivity index (χ1) is 13.3. The quantitative estimate of drug-likeness (QED) is 0.225. The summed E-state index contributed by atoms with van der Waals surface area (Å²) < 4.78 is 4.77. The van der Waals surface area contributed by atoms with E-state index in [1.54, 1.807) is 0 Å². The van der Waals surface area contributed by atoms with Gasteiger partial charge >= 0.3 is 11.8 Å². The van der Waals surface area contributed by atoms with Crippen LogP contribution in [0.1, 0.15) is 0 Å². The van der Waals surface area contributed by atoms with Gasteiger partial charge in [0, 0.05) is 19.2 Å². The van der Waals surface area contributed by atoms with Gasteiger partial charge in [-0.15, -0.1) is 11.4 Å². The SMILES string of the molecule is C#CCOC(=O)N1CCN(/[N+]([O-])=N/Oc2ccc([N+](=O)[O-])cc2[N+](=O)[O-])CC1. The van der Waals surface area contributed by atoms with Gasteiger partial charge in [-0.2, -0.15) is 0 Å². The molecule has 0 aromatic heterocycles. The maximum Gasteiger partial charge on any atom is 0.410 e. The lowest BCUT2D eigenvalue weighted by Gasteiger charge is -2.30. The van der Waals surface area contributed by atoms with Gasteiger partial charge < -0.3 is 14.8 Å². The Labute approximate surface area is 157 Å². The van der Waals surface area contributed by atoms with Crippen molar-refractivity contribution in [3.63, 3.8) is 0 Å². The zero-order valence-electron chi connectivity index (χ0n) is 14.3. The Hall–Kier alpha value is -4.15. The molecule has 0 spiro atoms. The van der Waals surface area contributed by atoms with E-state index in [9.17, 15) is 30.2 Å². The lowest BCUT2D eigenvalue weighted by Crippen LogP contribution is -2.50. The predicted molar refractivity (Wildman–Crippen MR) is 89.8 cm³/mol. The maximum atomic E-state index is 12.0. The molecule has 1 fully saturated rings. The Morgan fingerprint density at radius 1 is 1.18 bits per heavy atom. The van der Waals surface area contributed by atoms with Crippen molar-refractivity contribution in [1.82, 2.24) is 9.91 Å². The summed E-state index contributed by atoms with van der Waals surface area (Å²) in [6.07, 6.45) is 4.39. The first-order valence-electron chi connectivity index (χ1n) is 7.71. The monoisotopic (exact) mass is 394 g/mol. The minimum atomic E-state index is -0.895. The van der Waals surface area contributed by atoms with Gasteiger partial charge in [-0.25, -0.2) is 4.79 Å². The van der Waals surface area contributed by atoms with Crippen LogP contribution in [0.2, 0.25) is 0 Å². The number of ether oxygens (including phenoxy) is 1. The number of nitro groups is 2. The summed E-state index contributed by atoms with van der Waals surface area (Å²) in [5.41, 5.74) is -1.22. The zero-order valence-corrected chi connectivity index (χ0v) is 14.3. The molecule has 1 amide bonds. The number of rotatable bonds is 6. The number of amides is 1. The van der Waals surface area contributed by atoms with E-state index in [1.165, 1.54) is 9.91 Å². The Morgan fingerprint density at radius 2 is 1.86 bits per heavy atom. The van der Waals surface area contributed by atoms with Crippen LogP contribution in [0.4, 0.5) is 16.2 Å². The number of hydrogen-bond donors (Lipinski definition) is 0. The molecule has 1 saturated heterocycles. The van der Waals surface area contributed by atoms with Crippen LogP contribution in [0.3, 0.4) is 0 Å². The van der Waals surface area contributed by atoms with E-state index < -0.39 is 33.1 Å². The number of hydrogen-bond acceptors (Lipinski definition) is 9. The van der Waals surface area contributed by atoms with Gasteiger partial charge in [0.25, 0.3) is 5.69 Å². The molecular weight excluding hydrogens is 380 g/mol. The zero-order chi connectivity index (χ0) is 20.7. The minimum Gasteiger partial charge on any atom is -0.569 e. The molecule has 0 bridgehead atoms. The van der Waals surface area contributed by atoms with Crippen molar-refractivity contribution < 1.29 is 29.2 Å². The van der Waals surface area contributed by atoms with Crippen molar-refractivity contribution in [3.8, 4) is 18.1 Å². The van der Waals surface area contributed by atoms with Crippen molar-refractivity contribution in [2.75, 3.05) is 32.8 Å². The van der Waals surface area contributed by atoms with Crippen LogP contribution in [0.5, 0.6) is 5.75 Å². The molecule has 148 valence electrons. The van der Waals surface area contributed by atoms with Crippen LogP contribution in [0, 0.1) is 37.8 Å². The normalized spacial score (nSPS) is 14.2. The minimum absolute atomic E-state index is 0.0786. The average molecular weight is 394 g/mol. The van der Waals surface area contributed by atoms with Crippen molar-refractivity contribution in [1.29, 1.82) is 0 Å². The fourth-order valence-corrected chi connectivity index (χ4v) is 2.21. The third-order valence-electron chi connectivity index (χ3n) is 3.59. The highest BCUT2D eigenvalue weighted by atomic mass is 16.7. The van der Waals surface area contributed by atoms with Crippen LogP contribution in [-0.4, -0.2) is 63.6 Å². The third-order valence-corrected chi connectivity index (χ3v) is 3.59. The molecule has 1 heterocycles. The van der Waals surface area contributed by atoms with Crippen LogP contribution in [0.25, 0.3) is 0 Å². The molecule has 14 heteroatoms. The van der Waals surface area contributed by atoms with Crippen LogP contribution in [-0.2, 0) is 4.74 Å². The second kappa shape index (κ2) is 8.98. The van der Waals surface area contributed by atoms with Gasteiger partial charge in [-0.3, -0.25) is 25.1 Å². The molecule has 1 aliphatic heterocycles. The van der Waals surface area contributed by atoms with E-state index >= 15 is 0 Å². The van der Waals surface area contributed by atoms with Crippen LogP contribution in [0.15, 0.2) is 23.5 Å². The number of nitrogens with zero attached hydrogens (tertiary/aromatic N) is 6. The molecular formula is C14H14N6O8. The highest BCUT2D eigenvalue weighted by molar-refractivity contribution is 5.67. The molecule has 2 rings (SSSR count). The summed E-state index contributed by atoms with van der Waals surface area (Å²) in [5, 5.41) is 38.1. The van der Waals surface area contributed by atoms with Crippen LogP contribution < -0.4 is 4.84 Å². The molecule has 0 radical (unpaired) electrons. The topological polar surface area (TPSA) is 167 Å². The Balaban J connectivity index is 2.00. The lowest BCUT2D eigenvalue weighted by atomic mass is 10.2. The molecule has 0 saturated carbocycles. The summed E-state index contributed by atoms with van der Waals surface area (Å²) in [6.45, 7) is 0.363. The van der Waals surface area contributed by atoms with Crippen molar-refractivity contribution in [3.05, 3.63) is 43.6 Å². The van der Waals surface area contributed by atoms with Gasteiger partial charge in [0.15, 0.2) is 6.61 Å². The van der Waals surface area contributed by atoms with E-state index in [4.69, 9.17) is 16.0 Å². The molecule has 0 atom stereocenters. The second-order valence-electron chi connectivity index (χ2n) is 5.29. The molecule has 1 aromatic rings. The molecule has 1 aliphatic rings. The Morgan fingerprint density at radius 3 is 2.43 bits per heavy atom. The fraction of sp³-hybridized carbons (Fsp3) is 0.357. The number of nitro benzene ring substituents is 2. The predicted octanol–water partition coefficient (Wildman–Crippen LogP) is 1.06. The number of terminal acetylenes is 1. The van der Waals surface area contributed by atoms with Crippen molar-refractivity contribution >= 4 is 17.5 Å². The number of hydrazine groups is 1. The maximum absolute atomic E-state index is 12.0.